The third-order valence-electron chi connectivity index (χ3n) is 3.00. The summed E-state index contributed by atoms with van der Waals surface area (Å²) in [6.07, 6.45) is 0. The van der Waals surface area contributed by atoms with E-state index in [1.165, 1.54) is 12.1 Å². The number of benzene rings is 2. The molecule has 0 unspecified atom stereocenters. The maximum Gasteiger partial charge on any atom is 0.243 e. The van der Waals surface area contributed by atoms with E-state index in [0.29, 0.717) is 5.69 Å². The Labute approximate surface area is 122 Å². The van der Waals surface area contributed by atoms with Crippen LogP contribution in [0.1, 0.15) is 5.56 Å². The molecule has 110 valence electrons. The van der Waals surface area contributed by atoms with E-state index in [0.717, 1.165) is 17.0 Å². The fourth-order valence-electron chi connectivity index (χ4n) is 1.88. The lowest BCUT2D eigenvalue weighted by Gasteiger charge is -2.10. The Bertz CT molecular complexity index is 627. The minimum Gasteiger partial charge on any atom is -0.497 e. The van der Waals surface area contributed by atoms with Crippen LogP contribution in [0, 0.1) is 12.7 Å². The minimum atomic E-state index is -0.291. The molecular weight excluding hydrogens is 271 g/mol. The van der Waals surface area contributed by atoms with Crippen LogP contribution in [0.25, 0.3) is 0 Å². The van der Waals surface area contributed by atoms with Crippen molar-refractivity contribution in [3.8, 4) is 5.75 Å². The molecule has 0 fully saturated rings. The number of anilines is 2. The normalized spacial score (nSPS) is 10.0. The molecule has 5 heteroatoms. The zero-order chi connectivity index (χ0) is 15.2. The average molecular weight is 288 g/mol. The van der Waals surface area contributed by atoms with Crippen molar-refractivity contribution < 1.29 is 13.9 Å². The summed E-state index contributed by atoms with van der Waals surface area (Å²) in [4.78, 5) is 11.8. The van der Waals surface area contributed by atoms with Gasteiger partial charge in [-0.25, -0.2) is 4.39 Å². The van der Waals surface area contributed by atoms with E-state index in [1.807, 2.05) is 0 Å². The van der Waals surface area contributed by atoms with Gasteiger partial charge in [-0.15, -0.1) is 0 Å². The lowest BCUT2D eigenvalue weighted by atomic mass is 10.2. The second-order valence-electron chi connectivity index (χ2n) is 4.59. The van der Waals surface area contributed by atoms with Crippen LogP contribution in [0.3, 0.4) is 0 Å². The number of hydrogen-bond donors (Lipinski definition) is 2. The Morgan fingerprint density at radius 1 is 1.19 bits per heavy atom. The Kier molecular flexibility index (Phi) is 4.77. The van der Waals surface area contributed by atoms with Gasteiger partial charge in [-0.3, -0.25) is 4.79 Å². The Hall–Kier alpha value is -2.56. The third kappa shape index (κ3) is 4.21. The van der Waals surface area contributed by atoms with E-state index in [2.05, 4.69) is 10.6 Å². The summed E-state index contributed by atoms with van der Waals surface area (Å²) >= 11 is 0. The van der Waals surface area contributed by atoms with Crippen molar-refractivity contribution in [2.24, 2.45) is 0 Å². The van der Waals surface area contributed by atoms with Gasteiger partial charge in [0.05, 0.1) is 13.7 Å². The minimum absolute atomic E-state index is 0.110. The van der Waals surface area contributed by atoms with Gasteiger partial charge in [0.2, 0.25) is 5.91 Å². The molecular formula is C16H17FN2O2. The fourth-order valence-corrected chi connectivity index (χ4v) is 1.88. The lowest BCUT2D eigenvalue weighted by Crippen LogP contribution is -2.22. The largest absolute Gasteiger partial charge is 0.497 e. The molecule has 0 saturated carbocycles. The zero-order valence-electron chi connectivity index (χ0n) is 11.9. The average Bonchev–Trinajstić information content (AvgIpc) is 2.47. The summed E-state index contributed by atoms with van der Waals surface area (Å²) in [6.45, 7) is 1.89. The number of hydrogen-bond acceptors (Lipinski definition) is 3. The van der Waals surface area contributed by atoms with E-state index in [1.54, 1.807) is 44.4 Å². The number of carbonyl (C=O) groups excluding carboxylic acids is 1. The highest BCUT2D eigenvalue weighted by Crippen LogP contribution is 2.16. The molecule has 2 N–H and O–H groups in total. The van der Waals surface area contributed by atoms with E-state index in [-0.39, 0.29) is 18.3 Å². The number of aryl methyl sites for hydroxylation is 1. The molecule has 0 heterocycles. The maximum absolute atomic E-state index is 13.0. The van der Waals surface area contributed by atoms with Crippen molar-refractivity contribution in [1.29, 1.82) is 0 Å². The summed E-state index contributed by atoms with van der Waals surface area (Å²) in [5.74, 6) is 0.262. The summed E-state index contributed by atoms with van der Waals surface area (Å²) < 4.78 is 18.0. The van der Waals surface area contributed by atoms with Crippen LogP contribution in [0.5, 0.6) is 5.75 Å². The summed E-state index contributed by atoms with van der Waals surface area (Å²) in [7, 11) is 1.59. The summed E-state index contributed by atoms with van der Waals surface area (Å²) in [5.41, 5.74) is 2.19. The molecule has 2 aromatic carbocycles. The molecule has 0 atom stereocenters. The molecule has 0 radical (unpaired) electrons. The van der Waals surface area contributed by atoms with Crippen LogP contribution in [0.4, 0.5) is 15.8 Å². The smallest absolute Gasteiger partial charge is 0.243 e. The Balaban J connectivity index is 1.89. The second-order valence-corrected chi connectivity index (χ2v) is 4.59. The number of amides is 1. The van der Waals surface area contributed by atoms with Gasteiger partial charge in [0.15, 0.2) is 0 Å². The predicted molar refractivity (Wildman–Crippen MR) is 81.3 cm³/mol. The van der Waals surface area contributed by atoms with E-state index in [4.69, 9.17) is 4.74 Å². The van der Waals surface area contributed by atoms with Crippen LogP contribution in [0.15, 0.2) is 42.5 Å². The van der Waals surface area contributed by atoms with Gasteiger partial charge >= 0.3 is 0 Å². The van der Waals surface area contributed by atoms with Gasteiger partial charge in [0, 0.05) is 11.4 Å². The van der Waals surface area contributed by atoms with Crippen LogP contribution >= 0.6 is 0 Å². The highest BCUT2D eigenvalue weighted by molar-refractivity contribution is 5.93. The molecule has 0 aliphatic carbocycles. The quantitative estimate of drug-likeness (QED) is 0.888. The number of nitrogens with one attached hydrogen (secondary N) is 2. The van der Waals surface area contributed by atoms with Crippen molar-refractivity contribution in [2.45, 2.75) is 6.92 Å². The first-order valence-corrected chi connectivity index (χ1v) is 6.52. The molecule has 21 heavy (non-hydrogen) atoms. The number of halogens is 1. The topological polar surface area (TPSA) is 50.4 Å². The molecule has 0 saturated heterocycles. The molecule has 4 nitrogen and oxygen atoms in total. The van der Waals surface area contributed by atoms with E-state index in [9.17, 15) is 9.18 Å². The molecule has 0 bridgehead atoms. The molecule has 2 rings (SSSR count). The van der Waals surface area contributed by atoms with Crippen LogP contribution in [-0.4, -0.2) is 19.6 Å². The van der Waals surface area contributed by atoms with Crippen molar-refractivity contribution in [3.05, 3.63) is 53.8 Å². The first-order valence-electron chi connectivity index (χ1n) is 6.52. The highest BCUT2D eigenvalue weighted by Gasteiger charge is 2.04. The van der Waals surface area contributed by atoms with Gasteiger partial charge in [-0.1, -0.05) is 0 Å². The first-order chi connectivity index (χ1) is 10.1. The Morgan fingerprint density at radius 3 is 2.52 bits per heavy atom. The first kappa shape index (κ1) is 14.8. The van der Waals surface area contributed by atoms with Crippen LogP contribution in [-0.2, 0) is 4.79 Å². The van der Waals surface area contributed by atoms with Gasteiger partial charge in [-0.05, 0) is 55.0 Å². The molecule has 0 aliphatic rings. The fraction of sp³-hybridized carbons (Fsp3) is 0.188. The van der Waals surface area contributed by atoms with Gasteiger partial charge in [-0.2, -0.15) is 0 Å². The number of carbonyl (C=O) groups is 1. The molecule has 0 aliphatic heterocycles. The summed E-state index contributed by atoms with van der Waals surface area (Å²) in [6, 6.07) is 11.5. The van der Waals surface area contributed by atoms with Gasteiger partial charge < -0.3 is 15.4 Å². The predicted octanol–water partition coefficient (Wildman–Crippen LogP) is 3.19. The van der Waals surface area contributed by atoms with Crippen molar-refractivity contribution in [2.75, 3.05) is 24.3 Å². The van der Waals surface area contributed by atoms with Gasteiger partial charge in [0.25, 0.3) is 0 Å². The standard InChI is InChI=1S/C16H17FN2O2/c1-11-9-12(17)3-8-15(11)18-10-16(20)19-13-4-6-14(21-2)7-5-13/h3-9,18H,10H2,1-2H3,(H,19,20). The van der Waals surface area contributed by atoms with Gasteiger partial charge in [0.1, 0.15) is 11.6 Å². The number of methoxy groups -OCH3 is 1. The third-order valence-corrected chi connectivity index (χ3v) is 3.00. The van der Waals surface area contributed by atoms with Crippen LogP contribution in [0.2, 0.25) is 0 Å². The molecule has 2 aromatic rings. The second kappa shape index (κ2) is 6.74. The lowest BCUT2D eigenvalue weighted by molar-refractivity contribution is -0.114. The van der Waals surface area contributed by atoms with Crippen LogP contribution < -0.4 is 15.4 Å². The molecule has 0 aromatic heterocycles. The maximum atomic E-state index is 13.0. The SMILES string of the molecule is COc1ccc(NC(=O)CNc2ccc(F)cc2C)cc1. The van der Waals surface area contributed by atoms with E-state index >= 15 is 0 Å². The van der Waals surface area contributed by atoms with Crippen molar-refractivity contribution in [3.63, 3.8) is 0 Å². The number of rotatable bonds is 5. The number of ether oxygens (including phenoxy) is 1. The summed E-state index contributed by atoms with van der Waals surface area (Å²) in [5, 5.41) is 5.74. The monoisotopic (exact) mass is 288 g/mol. The van der Waals surface area contributed by atoms with Crippen molar-refractivity contribution >= 4 is 17.3 Å². The molecule has 0 spiro atoms. The Morgan fingerprint density at radius 2 is 1.90 bits per heavy atom. The van der Waals surface area contributed by atoms with Crippen molar-refractivity contribution in [1.82, 2.24) is 0 Å². The highest BCUT2D eigenvalue weighted by atomic mass is 19.1. The zero-order valence-corrected chi connectivity index (χ0v) is 11.9. The molecule has 1 amide bonds. The van der Waals surface area contributed by atoms with E-state index < -0.39 is 0 Å².